The molecule has 2 N–H and O–H groups in total. The van der Waals surface area contributed by atoms with Gasteiger partial charge in [-0.15, -0.1) is 12.4 Å². The first-order valence-electron chi connectivity index (χ1n) is 7.91. The highest BCUT2D eigenvalue weighted by atomic mass is 35.5. The maximum atomic E-state index is 12.8. The Morgan fingerprint density at radius 3 is 2.36 bits per heavy atom. The van der Waals surface area contributed by atoms with Gasteiger partial charge in [0.1, 0.15) is 5.82 Å². The first kappa shape index (κ1) is 17.2. The average molecular weight is 327 g/mol. The van der Waals surface area contributed by atoms with E-state index in [1.54, 1.807) is 12.1 Å². The SMILES string of the molecule is Cl.NC1[C@@H]2CC[C@H]1CN(C(=O)CCCc1ccc(F)cc1)C2. The van der Waals surface area contributed by atoms with Crippen molar-refractivity contribution in [3.8, 4) is 0 Å². The van der Waals surface area contributed by atoms with Crippen molar-refractivity contribution >= 4 is 18.3 Å². The molecule has 3 rings (SSSR count). The zero-order chi connectivity index (χ0) is 14.8. The summed E-state index contributed by atoms with van der Waals surface area (Å²) < 4.78 is 12.8. The van der Waals surface area contributed by atoms with Gasteiger partial charge < -0.3 is 10.6 Å². The minimum absolute atomic E-state index is 0. The molecule has 0 aromatic heterocycles. The van der Waals surface area contributed by atoms with Crippen LogP contribution in [0.25, 0.3) is 0 Å². The molecule has 5 heteroatoms. The zero-order valence-corrected chi connectivity index (χ0v) is 13.5. The molecule has 2 fully saturated rings. The lowest BCUT2D eigenvalue weighted by molar-refractivity contribution is -0.133. The number of nitrogens with two attached hydrogens (primary N) is 1. The molecule has 1 heterocycles. The van der Waals surface area contributed by atoms with Crippen LogP contribution in [0.1, 0.15) is 31.2 Å². The van der Waals surface area contributed by atoms with Gasteiger partial charge in [-0.25, -0.2) is 4.39 Å². The highest BCUT2D eigenvalue weighted by molar-refractivity contribution is 5.85. The minimum atomic E-state index is -0.213. The second-order valence-corrected chi connectivity index (χ2v) is 6.45. The quantitative estimate of drug-likeness (QED) is 0.924. The molecular formula is C17H24ClFN2O. The van der Waals surface area contributed by atoms with E-state index in [2.05, 4.69) is 0 Å². The third kappa shape index (κ3) is 3.79. The number of carbonyl (C=O) groups is 1. The van der Waals surface area contributed by atoms with E-state index in [0.717, 1.165) is 31.5 Å². The molecule has 1 aliphatic heterocycles. The van der Waals surface area contributed by atoms with Gasteiger partial charge in [0.05, 0.1) is 0 Å². The highest BCUT2D eigenvalue weighted by Gasteiger charge is 2.40. The smallest absolute Gasteiger partial charge is 0.222 e. The van der Waals surface area contributed by atoms with Crippen molar-refractivity contribution < 1.29 is 9.18 Å². The number of piperidine rings is 1. The van der Waals surface area contributed by atoms with Crippen LogP contribution in [0.4, 0.5) is 4.39 Å². The molecule has 22 heavy (non-hydrogen) atoms. The molecule has 0 radical (unpaired) electrons. The molecule has 3 nitrogen and oxygen atoms in total. The molecule has 1 aliphatic carbocycles. The van der Waals surface area contributed by atoms with Crippen LogP contribution >= 0.6 is 12.4 Å². The van der Waals surface area contributed by atoms with E-state index in [4.69, 9.17) is 5.73 Å². The molecule has 1 saturated heterocycles. The molecule has 122 valence electrons. The maximum Gasteiger partial charge on any atom is 0.222 e. The van der Waals surface area contributed by atoms with Gasteiger partial charge >= 0.3 is 0 Å². The lowest BCUT2D eigenvalue weighted by atomic mass is 9.93. The van der Waals surface area contributed by atoms with Crippen molar-refractivity contribution in [2.45, 2.75) is 38.1 Å². The number of likely N-dealkylation sites (tertiary alicyclic amines) is 1. The van der Waals surface area contributed by atoms with Crippen LogP contribution in [0.15, 0.2) is 24.3 Å². The summed E-state index contributed by atoms with van der Waals surface area (Å²) >= 11 is 0. The molecule has 1 unspecified atom stereocenters. The molecule has 3 atom stereocenters. The van der Waals surface area contributed by atoms with Crippen LogP contribution in [-0.2, 0) is 11.2 Å². The van der Waals surface area contributed by atoms with Gasteiger partial charge in [0, 0.05) is 25.6 Å². The fraction of sp³-hybridized carbons (Fsp3) is 0.588. The molecular weight excluding hydrogens is 303 g/mol. The lowest BCUT2D eigenvalue weighted by Crippen LogP contribution is -2.50. The van der Waals surface area contributed by atoms with E-state index in [0.29, 0.717) is 24.3 Å². The summed E-state index contributed by atoms with van der Waals surface area (Å²) in [5, 5.41) is 0. The van der Waals surface area contributed by atoms with Gasteiger partial charge in [0.15, 0.2) is 0 Å². The number of halogens is 2. The van der Waals surface area contributed by atoms with Crippen molar-refractivity contribution in [2.75, 3.05) is 13.1 Å². The van der Waals surface area contributed by atoms with Crippen LogP contribution in [0.3, 0.4) is 0 Å². The Labute approximate surface area is 137 Å². The number of rotatable bonds is 4. The first-order chi connectivity index (χ1) is 10.1. The summed E-state index contributed by atoms with van der Waals surface area (Å²) in [6, 6.07) is 6.83. The van der Waals surface area contributed by atoms with E-state index in [9.17, 15) is 9.18 Å². The third-order valence-corrected chi connectivity index (χ3v) is 5.03. The zero-order valence-electron chi connectivity index (χ0n) is 12.7. The fourth-order valence-electron chi connectivity index (χ4n) is 3.72. The Balaban J connectivity index is 0.00000176. The lowest BCUT2D eigenvalue weighted by Gasteiger charge is -2.36. The summed E-state index contributed by atoms with van der Waals surface area (Å²) in [6.07, 6.45) is 4.57. The van der Waals surface area contributed by atoms with Gasteiger partial charge in [0.25, 0.3) is 0 Å². The van der Waals surface area contributed by atoms with Gasteiger partial charge in [-0.2, -0.15) is 0 Å². The van der Waals surface area contributed by atoms with Crippen molar-refractivity contribution in [1.82, 2.24) is 4.90 Å². The van der Waals surface area contributed by atoms with Gasteiger partial charge in [-0.3, -0.25) is 4.79 Å². The predicted octanol–water partition coefficient (Wildman–Crippen LogP) is 2.77. The topological polar surface area (TPSA) is 46.3 Å². The second kappa shape index (κ2) is 7.42. The highest BCUT2D eigenvalue weighted by Crippen LogP contribution is 2.35. The maximum absolute atomic E-state index is 12.8. The molecule has 1 aromatic carbocycles. The Morgan fingerprint density at radius 1 is 1.18 bits per heavy atom. The van der Waals surface area contributed by atoms with Crippen molar-refractivity contribution in [1.29, 1.82) is 0 Å². The van der Waals surface area contributed by atoms with Crippen LogP contribution in [0.2, 0.25) is 0 Å². The summed E-state index contributed by atoms with van der Waals surface area (Å²) in [7, 11) is 0. The number of nitrogens with zero attached hydrogens (tertiary/aromatic N) is 1. The number of benzene rings is 1. The Kier molecular flexibility index (Phi) is 5.81. The molecule has 1 saturated carbocycles. The summed E-state index contributed by atoms with van der Waals surface area (Å²) in [5.41, 5.74) is 7.25. The Hall–Kier alpha value is -1.13. The second-order valence-electron chi connectivity index (χ2n) is 6.45. The molecule has 1 aromatic rings. The fourth-order valence-corrected chi connectivity index (χ4v) is 3.72. The molecule has 2 bridgehead atoms. The normalized spacial score (nSPS) is 26.6. The van der Waals surface area contributed by atoms with Gasteiger partial charge in [-0.05, 0) is 55.2 Å². The average Bonchev–Trinajstić information content (AvgIpc) is 2.71. The first-order valence-corrected chi connectivity index (χ1v) is 7.91. The number of hydrogen-bond acceptors (Lipinski definition) is 2. The standard InChI is InChI=1S/C17H23FN2O.ClH/c18-15-8-4-12(5-9-15)2-1-3-16(21)20-10-13-6-7-14(11-20)17(13)19;/h4-5,8-9,13-14,17H,1-3,6-7,10-11,19H2;1H/t13-,14+,17?;. The molecule has 2 aliphatic rings. The van der Waals surface area contributed by atoms with E-state index >= 15 is 0 Å². The summed E-state index contributed by atoms with van der Waals surface area (Å²) in [5.74, 6) is 1.05. The monoisotopic (exact) mass is 326 g/mol. The number of aryl methyl sites for hydroxylation is 1. The molecule has 1 amide bonds. The number of carbonyl (C=O) groups excluding carboxylic acids is 1. The van der Waals surface area contributed by atoms with Crippen molar-refractivity contribution in [3.63, 3.8) is 0 Å². The van der Waals surface area contributed by atoms with Gasteiger partial charge in [0.2, 0.25) is 5.91 Å². The molecule has 0 spiro atoms. The van der Waals surface area contributed by atoms with Gasteiger partial charge in [-0.1, -0.05) is 12.1 Å². The number of fused-ring (bicyclic) bond motifs is 2. The summed E-state index contributed by atoms with van der Waals surface area (Å²) in [6.45, 7) is 1.68. The predicted molar refractivity (Wildman–Crippen MR) is 87.4 cm³/mol. The van der Waals surface area contributed by atoms with Crippen LogP contribution < -0.4 is 5.73 Å². The summed E-state index contributed by atoms with van der Waals surface area (Å²) in [4.78, 5) is 14.3. The Bertz CT molecular complexity index is 494. The van der Waals surface area contributed by atoms with E-state index in [1.807, 2.05) is 4.90 Å². The third-order valence-electron chi connectivity index (χ3n) is 5.03. The minimum Gasteiger partial charge on any atom is -0.342 e. The number of hydrogen-bond donors (Lipinski definition) is 1. The van der Waals surface area contributed by atoms with Crippen LogP contribution in [0.5, 0.6) is 0 Å². The largest absolute Gasteiger partial charge is 0.342 e. The van der Waals surface area contributed by atoms with E-state index < -0.39 is 0 Å². The number of amides is 1. The van der Waals surface area contributed by atoms with E-state index in [1.165, 1.54) is 25.0 Å². The van der Waals surface area contributed by atoms with E-state index in [-0.39, 0.29) is 24.1 Å². The van der Waals surface area contributed by atoms with Crippen LogP contribution in [-0.4, -0.2) is 29.9 Å². The Morgan fingerprint density at radius 2 is 1.77 bits per heavy atom. The van der Waals surface area contributed by atoms with Crippen molar-refractivity contribution in [2.24, 2.45) is 17.6 Å². The van der Waals surface area contributed by atoms with Crippen LogP contribution in [0, 0.1) is 17.7 Å². The van der Waals surface area contributed by atoms with Crippen molar-refractivity contribution in [3.05, 3.63) is 35.6 Å².